The van der Waals surface area contributed by atoms with Gasteiger partial charge in [-0.2, -0.15) is 0 Å². The van der Waals surface area contributed by atoms with Crippen molar-refractivity contribution in [3.05, 3.63) is 45.8 Å². The maximum absolute atomic E-state index is 13.8. The van der Waals surface area contributed by atoms with Crippen molar-refractivity contribution in [3.8, 4) is 0 Å². The number of hydrogen-bond donors (Lipinski definition) is 1. The predicted octanol–water partition coefficient (Wildman–Crippen LogP) is 3.85. The van der Waals surface area contributed by atoms with Crippen LogP contribution >= 0.6 is 27.7 Å². The van der Waals surface area contributed by atoms with Gasteiger partial charge in [0.1, 0.15) is 17.1 Å². The highest BCUT2D eigenvalue weighted by Gasteiger charge is 2.43. The molecule has 1 unspecified atom stereocenters. The fraction of sp³-hybridized carbons (Fsp3) is 0.538. The Kier molecular flexibility index (Phi) is 8.51. The van der Waals surface area contributed by atoms with Crippen LogP contribution < -0.4 is 0 Å². The molecule has 204 valence electrons. The van der Waals surface area contributed by atoms with Crippen LogP contribution in [0.1, 0.15) is 37.8 Å². The number of aliphatic imine (C=N–C) groups is 2. The number of carbonyl (C=O) groups is 2. The lowest BCUT2D eigenvalue weighted by Gasteiger charge is -2.49. The minimum atomic E-state index is -0.755. The number of nitrogens with zero attached hydrogens (tertiary/aromatic N) is 4. The second-order valence-corrected chi connectivity index (χ2v) is 11.8. The van der Waals surface area contributed by atoms with Crippen LogP contribution in [0.25, 0.3) is 0 Å². The molecule has 9 nitrogen and oxygen atoms in total. The Bertz CT molecular complexity index is 1170. The molecule has 0 radical (unpaired) electrons. The number of esters is 1. The standard InChI is InChI=1S/C26H30BrFN4O5S/c1-2-37-25(35)24-23(20-4-3-16(28)10-21(20)27)30-26(38-24)32-14-29-6-5-17(32)11-31-18-7-15(9-22(33)34)8-19(31)13-36-12-18/h3-5,10,14-15,18-19,23-24H,2,6-9,11-13H2,1H3,(H,33,34)/t15?,18-,19+,23-,24-/m1/s1. The van der Waals surface area contributed by atoms with E-state index in [1.807, 2.05) is 4.90 Å². The number of piperidine rings is 1. The van der Waals surface area contributed by atoms with E-state index in [9.17, 15) is 19.1 Å². The summed E-state index contributed by atoms with van der Waals surface area (Å²) in [4.78, 5) is 38.0. The Labute approximate surface area is 233 Å². The van der Waals surface area contributed by atoms with E-state index in [1.165, 1.54) is 23.9 Å². The Hall–Kier alpha value is -2.28. The van der Waals surface area contributed by atoms with Crippen molar-refractivity contribution in [2.24, 2.45) is 15.9 Å². The Morgan fingerprint density at radius 3 is 2.74 bits per heavy atom. The molecule has 0 amide bonds. The molecule has 1 N–H and O–H groups in total. The largest absolute Gasteiger partial charge is 0.481 e. The average molecular weight is 610 g/mol. The van der Waals surface area contributed by atoms with E-state index in [0.29, 0.717) is 41.5 Å². The van der Waals surface area contributed by atoms with E-state index in [-0.39, 0.29) is 42.8 Å². The maximum Gasteiger partial charge on any atom is 0.322 e. The van der Waals surface area contributed by atoms with Gasteiger partial charge in [-0.15, -0.1) is 0 Å². The molecule has 4 aliphatic rings. The number of fused-ring (bicyclic) bond motifs is 2. The number of aliphatic carboxylic acids is 1. The lowest BCUT2D eigenvalue weighted by Crippen LogP contribution is -2.58. The van der Waals surface area contributed by atoms with Crippen LogP contribution in [-0.4, -0.2) is 88.6 Å². The maximum atomic E-state index is 13.8. The van der Waals surface area contributed by atoms with Gasteiger partial charge in [-0.1, -0.05) is 33.8 Å². The first-order valence-corrected chi connectivity index (χ1v) is 14.4. The molecule has 1 aromatic rings. The second kappa shape index (κ2) is 11.8. The van der Waals surface area contributed by atoms with Crippen molar-refractivity contribution in [2.45, 2.75) is 49.6 Å². The molecule has 0 aliphatic carbocycles. The number of morpholine rings is 1. The molecule has 4 heterocycles. The lowest BCUT2D eigenvalue weighted by molar-refractivity contribution is -0.143. The molecule has 0 saturated carbocycles. The zero-order chi connectivity index (χ0) is 26.8. The van der Waals surface area contributed by atoms with Gasteiger partial charge in [0, 0.05) is 35.2 Å². The van der Waals surface area contributed by atoms with Crippen molar-refractivity contribution in [1.82, 2.24) is 9.80 Å². The Balaban J connectivity index is 1.38. The molecule has 38 heavy (non-hydrogen) atoms. The molecule has 2 bridgehead atoms. The van der Waals surface area contributed by atoms with Crippen molar-refractivity contribution >= 4 is 51.1 Å². The van der Waals surface area contributed by atoms with Crippen molar-refractivity contribution < 1.29 is 28.6 Å². The van der Waals surface area contributed by atoms with E-state index in [2.05, 4.69) is 31.9 Å². The summed E-state index contributed by atoms with van der Waals surface area (Å²) in [5.74, 6) is -1.35. The van der Waals surface area contributed by atoms with Crippen molar-refractivity contribution in [1.29, 1.82) is 0 Å². The molecule has 0 spiro atoms. The molecule has 2 saturated heterocycles. The first kappa shape index (κ1) is 27.3. The van der Waals surface area contributed by atoms with Crippen LogP contribution in [0, 0.1) is 11.7 Å². The van der Waals surface area contributed by atoms with Gasteiger partial charge in [0.05, 0.1) is 32.7 Å². The highest BCUT2D eigenvalue weighted by atomic mass is 79.9. The summed E-state index contributed by atoms with van der Waals surface area (Å²) < 4.78 is 25.5. The van der Waals surface area contributed by atoms with Gasteiger partial charge in [-0.05, 0) is 49.5 Å². The summed E-state index contributed by atoms with van der Waals surface area (Å²) in [5, 5.41) is 9.30. The van der Waals surface area contributed by atoms with Crippen LogP contribution in [0.2, 0.25) is 0 Å². The molecule has 12 heteroatoms. The Morgan fingerprint density at radius 1 is 1.29 bits per heavy atom. The minimum absolute atomic E-state index is 0.141. The third-order valence-corrected chi connectivity index (χ3v) is 9.19. The van der Waals surface area contributed by atoms with Gasteiger partial charge in [-0.3, -0.25) is 29.4 Å². The number of benzene rings is 1. The van der Waals surface area contributed by atoms with Crippen LogP contribution in [0.4, 0.5) is 4.39 Å². The highest BCUT2D eigenvalue weighted by Crippen LogP contribution is 2.43. The second-order valence-electron chi connectivity index (χ2n) is 9.81. The van der Waals surface area contributed by atoms with Crippen molar-refractivity contribution in [3.63, 3.8) is 0 Å². The van der Waals surface area contributed by atoms with Gasteiger partial charge in [0.2, 0.25) is 0 Å². The quantitative estimate of drug-likeness (QED) is 0.466. The summed E-state index contributed by atoms with van der Waals surface area (Å²) in [5.41, 5.74) is 1.71. The van der Waals surface area contributed by atoms with E-state index in [4.69, 9.17) is 14.5 Å². The number of hydrogen-bond acceptors (Lipinski definition) is 9. The molecular formula is C26H30BrFN4O5S. The summed E-state index contributed by atoms with van der Waals surface area (Å²) >= 11 is 4.76. The van der Waals surface area contributed by atoms with Gasteiger partial charge in [0.25, 0.3) is 0 Å². The normalized spacial score (nSPS) is 29.1. The predicted molar refractivity (Wildman–Crippen MR) is 146 cm³/mol. The molecule has 0 aromatic heterocycles. The number of thioether (sulfide) groups is 1. The summed E-state index contributed by atoms with van der Waals surface area (Å²) in [7, 11) is 0. The fourth-order valence-electron chi connectivity index (χ4n) is 5.62. The molecule has 2 fully saturated rings. The average Bonchev–Trinajstić information content (AvgIpc) is 3.30. The van der Waals surface area contributed by atoms with Gasteiger partial charge < -0.3 is 14.6 Å². The van der Waals surface area contributed by atoms with Crippen LogP contribution in [0.5, 0.6) is 0 Å². The third kappa shape index (κ3) is 5.83. The van der Waals surface area contributed by atoms with Gasteiger partial charge in [0.15, 0.2) is 5.17 Å². The SMILES string of the molecule is CCOC(=O)[C@@H]1SC(N2C=NCC=C2CN2[C@@H]3COC[C@H]2CC(CC(=O)O)C3)=N[C@@H]1c1ccc(F)cc1Br. The van der Waals surface area contributed by atoms with Gasteiger partial charge >= 0.3 is 11.9 Å². The number of carboxylic acid groups (broad SMARTS) is 1. The minimum Gasteiger partial charge on any atom is -0.481 e. The van der Waals surface area contributed by atoms with Crippen LogP contribution in [0.15, 0.2) is 44.4 Å². The van der Waals surface area contributed by atoms with E-state index >= 15 is 0 Å². The number of carboxylic acids is 1. The number of rotatable bonds is 7. The smallest absolute Gasteiger partial charge is 0.322 e. The third-order valence-electron chi connectivity index (χ3n) is 7.29. The zero-order valence-electron chi connectivity index (χ0n) is 21.0. The Morgan fingerprint density at radius 2 is 2.05 bits per heavy atom. The van der Waals surface area contributed by atoms with E-state index in [1.54, 1.807) is 19.3 Å². The highest BCUT2D eigenvalue weighted by molar-refractivity contribution is 9.10. The van der Waals surface area contributed by atoms with E-state index in [0.717, 1.165) is 18.5 Å². The molecule has 5 atom stereocenters. The molecular weight excluding hydrogens is 579 g/mol. The summed E-state index contributed by atoms with van der Waals surface area (Å²) in [6.45, 7) is 4.35. The van der Waals surface area contributed by atoms with Crippen LogP contribution in [0.3, 0.4) is 0 Å². The number of amidine groups is 1. The van der Waals surface area contributed by atoms with Crippen LogP contribution in [-0.2, 0) is 19.1 Å². The fourth-order valence-corrected chi connectivity index (χ4v) is 7.39. The summed E-state index contributed by atoms with van der Waals surface area (Å²) in [6.07, 6.45) is 5.56. The number of ether oxygens (including phenoxy) is 2. The zero-order valence-corrected chi connectivity index (χ0v) is 23.4. The summed E-state index contributed by atoms with van der Waals surface area (Å²) in [6, 6.07) is 4.11. The monoisotopic (exact) mass is 608 g/mol. The first-order valence-electron chi connectivity index (χ1n) is 12.7. The lowest BCUT2D eigenvalue weighted by atomic mass is 9.83. The van der Waals surface area contributed by atoms with Crippen molar-refractivity contribution in [2.75, 3.05) is 32.9 Å². The first-order chi connectivity index (χ1) is 18.3. The van der Waals surface area contributed by atoms with E-state index < -0.39 is 17.3 Å². The molecule has 4 aliphatic heterocycles. The number of carbonyl (C=O) groups excluding carboxylic acids is 1. The topological polar surface area (TPSA) is 104 Å². The molecule has 5 rings (SSSR count). The molecule has 1 aromatic carbocycles. The number of halogens is 2. The van der Waals surface area contributed by atoms with Gasteiger partial charge in [-0.25, -0.2) is 4.39 Å².